The maximum Gasteiger partial charge on any atom is 0.339 e. The van der Waals surface area contributed by atoms with Crippen molar-refractivity contribution in [1.82, 2.24) is 0 Å². The maximum atomic E-state index is 12.0. The summed E-state index contributed by atoms with van der Waals surface area (Å²) in [4.78, 5) is 22.9. The molecule has 0 aliphatic heterocycles. The molecule has 0 atom stereocenters. The molecule has 2 rings (SSSR count). The summed E-state index contributed by atoms with van der Waals surface area (Å²) in [7, 11) is 0. The Morgan fingerprint density at radius 3 is 2.18 bits per heavy atom. The summed E-state index contributed by atoms with van der Waals surface area (Å²) >= 11 is 0. The number of carboxylic acids is 1. The second-order valence-corrected chi connectivity index (χ2v) is 4.48. The van der Waals surface area contributed by atoms with Gasteiger partial charge in [0.2, 0.25) is 0 Å². The number of hydrogen-bond acceptors (Lipinski definition) is 5. The van der Waals surface area contributed by atoms with Crippen LogP contribution in [0.1, 0.15) is 26.3 Å². The smallest absolute Gasteiger partial charge is 0.339 e. The number of aromatic hydroxyl groups is 3. The van der Waals surface area contributed by atoms with Crippen LogP contribution in [-0.2, 0) is 0 Å². The molecule has 0 amide bonds. The molecular formula is C16H12O6. The minimum absolute atomic E-state index is 0.106. The van der Waals surface area contributed by atoms with E-state index in [1.54, 1.807) is 0 Å². The zero-order valence-electron chi connectivity index (χ0n) is 11.2. The molecule has 0 spiro atoms. The first kappa shape index (κ1) is 15.1. The van der Waals surface area contributed by atoms with Crippen LogP contribution < -0.4 is 0 Å². The molecule has 4 N–H and O–H groups in total. The van der Waals surface area contributed by atoms with Crippen LogP contribution in [0.3, 0.4) is 0 Å². The van der Waals surface area contributed by atoms with Crippen molar-refractivity contribution >= 4 is 17.8 Å². The van der Waals surface area contributed by atoms with Gasteiger partial charge in [0.1, 0.15) is 11.3 Å². The standard InChI is InChI=1S/C16H12O6/c17-12(4-1-9-2-5-14(19)15(20)7-9)10-3-6-13(18)11(8-10)16(21)22/h1-8,18-20H,(H,21,22). The Bertz CT molecular complexity index is 776. The van der Waals surface area contributed by atoms with E-state index in [2.05, 4.69) is 0 Å². The molecule has 2 aromatic rings. The predicted octanol–water partition coefficient (Wildman–Crippen LogP) is 2.40. The molecule has 0 aliphatic carbocycles. The highest BCUT2D eigenvalue weighted by atomic mass is 16.4. The van der Waals surface area contributed by atoms with Crippen LogP contribution in [0.2, 0.25) is 0 Å². The van der Waals surface area contributed by atoms with E-state index >= 15 is 0 Å². The highest BCUT2D eigenvalue weighted by Crippen LogP contribution is 2.25. The number of carboxylic acid groups (broad SMARTS) is 1. The molecule has 0 heterocycles. The molecule has 0 bridgehead atoms. The van der Waals surface area contributed by atoms with Crippen molar-refractivity contribution in [1.29, 1.82) is 0 Å². The maximum absolute atomic E-state index is 12.0. The monoisotopic (exact) mass is 300 g/mol. The van der Waals surface area contributed by atoms with E-state index in [9.17, 15) is 24.9 Å². The predicted molar refractivity (Wildman–Crippen MR) is 78.2 cm³/mol. The number of carbonyl (C=O) groups is 2. The van der Waals surface area contributed by atoms with E-state index in [-0.39, 0.29) is 22.6 Å². The number of benzene rings is 2. The quantitative estimate of drug-likeness (QED) is 0.391. The third-order valence-corrected chi connectivity index (χ3v) is 2.94. The first-order valence-corrected chi connectivity index (χ1v) is 6.19. The summed E-state index contributed by atoms with van der Waals surface area (Å²) in [5.74, 6) is -2.80. The molecular weight excluding hydrogens is 288 g/mol. The van der Waals surface area contributed by atoms with Gasteiger partial charge in [0, 0.05) is 5.56 Å². The Hall–Kier alpha value is -3.28. The average Bonchev–Trinajstić information content (AvgIpc) is 2.48. The molecule has 0 aromatic heterocycles. The van der Waals surface area contributed by atoms with Gasteiger partial charge in [-0.15, -0.1) is 0 Å². The average molecular weight is 300 g/mol. The molecule has 0 radical (unpaired) electrons. The van der Waals surface area contributed by atoms with Gasteiger partial charge in [-0.1, -0.05) is 12.1 Å². The van der Waals surface area contributed by atoms with E-state index < -0.39 is 17.5 Å². The summed E-state index contributed by atoms with van der Waals surface area (Å²) in [5.41, 5.74) is 0.233. The molecule has 2 aromatic carbocycles. The summed E-state index contributed by atoms with van der Waals surface area (Å²) < 4.78 is 0. The van der Waals surface area contributed by atoms with E-state index in [0.29, 0.717) is 5.56 Å². The van der Waals surface area contributed by atoms with Crippen LogP contribution >= 0.6 is 0 Å². The van der Waals surface area contributed by atoms with Gasteiger partial charge < -0.3 is 20.4 Å². The van der Waals surface area contributed by atoms with Gasteiger partial charge >= 0.3 is 5.97 Å². The molecule has 112 valence electrons. The first-order chi connectivity index (χ1) is 10.4. The van der Waals surface area contributed by atoms with Crippen LogP contribution in [0.15, 0.2) is 42.5 Å². The van der Waals surface area contributed by atoms with Crippen LogP contribution in [0, 0.1) is 0 Å². The molecule has 6 nitrogen and oxygen atoms in total. The number of aromatic carboxylic acids is 1. The number of ketones is 1. The fourth-order valence-corrected chi connectivity index (χ4v) is 1.77. The van der Waals surface area contributed by atoms with Crippen molar-refractivity contribution in [2.75, 3.05) is 0 Å². The van der Waals surface area contributed by atoms with Gasteiger partial charge in [-0.25, -0.2) is 4.79 Å². The van der Waals surface area contributed by atoms with E-state index in [0.717, 1.165) is 12.1 Å². The van der Waals surface area contributed by atoms with Crippen molar-refractivity contribution in [2.45, 2.75) is 0 Å². The van der Waals surface area contributed by atoms with Gasteiger partial charge in [0.05, 0.1) is 0 Å². The van der Waals surface area contributed by atoms with Gasteiger partial charge in [-0.05, 0) is 42.0 Å². The van der Waals surface area contributed by atoms with E-state index in [1.807, 2.05) is 0 Å². The highest BCUT2D eigenvalue weighted by molar-refractivity contribution is 6.08. The number of allylic oxidation sites excluding steroid dienone is 1. The van der Waals surface area contributed by atoms with Crippen molar-refractivity contribution in [2.24, 2.45) is 0 Å². The normalized spacial score (nSPS) is 10.7. The Morgan fingerprint density at radius 2 is 1.55 bits per heavy atom. The number of rotatable bonds is 4. The largest absolute Gasteiger partial charge is 0.507 e. The first-order valence-electron chi connectivity index (χ1n) is 6.19. The molecule has 0 saturated heterocycles. The van der Waals surface area contributed by atoms with Crippen LogP contribution in [0.25, 0.3) is 6.08 Å². The molecule has 0 unspecified atom stereocenters. The fraction of sp³-hybridized carbons (Fsp3) is 0. The molecule has 0 fully saturated rings. The Kier molecular flexibility index (Phi) is 4.13. The van der Waals surface area contributed by atoms with Crippen molar-refractivity contribution in [3.63, 3.8) is 0 Å². The van der Waals surface area contributed by atoms with Crippen LogP contribution in [0.5, 0.6) is 17.2 Å². The van der Waals surface area contributed by atoms with Crippen molar-refractivity contribution < 1.29 is 30.0 Å². The molecule has 22 heavy (non-hydrogen) atoms. The fourth-order valence-electron chi connectivity index (χ4n) is 1.77. The third-order valence-electron chi connectivity index (χ3n) is 2.94. The van der Waals surface area contributed by atoms with E-state index in [4.69, 9.17) is 5.11 Å². The van der Waals surface area contributed by atoms with Crippen molar-refractivity contribution in [3.05, 3.63) is 59.2 Å². The lowest BCUT2D eigenvalue weighted by Crippen LogP contribution is -2.01. The van der Waals surface area contributed by atoms with Gasteiger partial charge in [-0.3, -0.25) is 4.79 Å². The minimum atomic E-state index is -1.33. The zero-order valence-corrected chi connectivity index (χ0v) is 11.2. The number of phenols is 3. The lowest BCUT2D eigenvalue weighted by atomic mass is 10.0. The number of carbonyl (C=O) groups excluding carboxylic acids is 1. The lowest BCUT2D eigenvalue weighted by molar-refractivity contribution is 0.0693. The molecule has 0 aliphatic rings. The highest BCUT2D eigenvalue weighted by Gasteiger charge is 2.12. The van der Waals surface area contributed by atoms with Gasteiger partial charge in [-0.2, -0.15) is 0 Å². The Morgan fingerprint density at radius 1 is 0.864 bits per heavy atom. The van der Waals surface area contributed by atoms with E-state index in [1.165, 1.54) is 36.4 Å². The second kappa shape index (κ2) is 6.01. The van der Waals surface area contributed by atoms with Crippen LogP contribution in [0.4, 0.5) is 0 Å². The molecule has 6 heteroatoms. The summed E-state index contributed by atoms with van der Waals surface area (Å²) in [6.45, 7) is 0. The summed E-state index contributed by atoms with van der Waals surface area (Å²) in [6.07, 6.45) is 2.61. The lowest BCUT2D eigenvalue weighted by Gasteiger charge is -2.02. The van der Waals surface area contributed by atoms with Gasteiger partial charge in [0.15, 0.2) is 17.3 Å². The molecule has 0 saturated carbocycles. The second-order valence-electron chi connectivity index (χ2n) is 4.48. The topological polar surface area (TPSA) is 115 Å². The zero-order chi connectivity index (χ0) is 16.3. The Balaban J connectivity index is 2.25. The van der Waals surface area contributed by atoms with Crippen molar-refractivity contribution in [3.8, 4) is 17.2 Å². The summed E-state index contributed by atoms with van der Waals surface area (Å²) in [5, 5.41) is 36.8. The Labute approximate surface area is 125 Å². The van der Waals surface area contributed by atoms with Crippen LogP contribution in [-0.4, -0.2) is 32.2 Å². The number of hydrogen-bond donors (Lipinski definition) is 4. The SMILES string of the molecule is O=C(C=Cc1ccc(O)c(O)c1)c1ccc(O)c(C(=O)O)c1. The number of phenolic OH excluding ortho intramolecular Hbond substituents is 2. The summed E-state index contributed by atoms with van der Waals surface area (Å²) in [6, 6.07) is 7.58. The minimum Gasteiger partial charge on any atom is -0.507 e. The van der Waals surface area contributed by atoms with Gasteiger partial charge in [0.25, 0.3) is 0 Å². The third kappa shape index (κ3) is 3.24.